The first-order valence-corrected chi connectivity index (χ1v) is 11.7. The third kappa shape index (κ3) is 6.13. The van der Waals surface area contributed by atoms with E-state index in [2.05, 4.69) is 27.3 Å². The number of aliphatic hydroxyl groups excluding tert-OH is 1. The van der Waals surface area contributed by atoms with Crippen LogP contribution in [0.15, 0.2) is 16.8 Å². The van der Waals surface area contributed by atoms with Gasteiger partial charge in [0.1, 0.15) is 29.7 Å². The highest BCUT2D eigenvalue weighted by atomic mass is 16.5. The molecule has 2 N–H and O–H groups in total. The number of carbonyl (C=O) groups excluding carboxylic acids is 2. The molecule has 3 heterocycles. The van der Waals surface area contributed by atoms with E-state index in [9.17, 15) is 14.7 Å². The van der Waals surface area contributed by atoms with Crippen molar-refractivity contribution in [2.24, 2.45) is 5.92 Å². The average Bonchev–Trinajstić information content (AvgIpc) is 3.18. The van der Waals surface area contributed by atoms with Crippen molar-refractivity contribution in [3.05, 3.63) is 34.8 Å². The zero-order chi connectivity index (χ0) is 26.4. The number of hydrogen-bond donors (Lipinski definition) is 2. The van der Waals surface area contributed by atoms with Gasteiger partial charge in [0, 0.05) is 38.4 Å². The van der Waals surface area contributed by atoms with Crippen LogP contribution >= 0.6 is 0 Å². The number of aryl methyl sites for hydroxylation is 2. The number of hydrogen-bond acceptors (Lipinski definition) is 8. The normalized spacial score (nSPS) is 18.2. The summed E-state index contributed by atoms with van der Waals surface area (Å²) in [5, 5.41) is 16.5. The fourth-order valence-corrected chi connectivity index (χ4v) is 3.82. The van der Waals surface area contributed by atoms with E-state index >= 15 is 0 Å². The second kappa shape index (κ2) is 11.9. The largest absolute Gasteiger partial charge is 0.472 e. The maximum atomic E-state index is 13.4. The van der Waals surface area contributed by atoms with Crippen molar-refractivity contribution in [3.8, 4) is 17.7 Å². The van der Waals surface area contributed by atoms with Crippen molar-refractivity contribution in [1.29, 1.82) is 0 Å². The summed E-state index contributed by atoms with van der Waals surface area (Å²) in [6.07, 6.45) is 1.05. The molecule has 3 rings (SSSR count). The number of amides is 3. The number of aliphatic hydroxyl groups is 1. The summed E-state index contributed by atoms with van der Waals surface area (Å²) in [7, 11) is 3.20. The Kier molecular flexibility index (Phi) is 8.90. The predicted octanol–water partition coefficient (Wildman–Crippen LogP) is 2.07. The van der Waals surface area contributed by atoms with Gasteiger partial charge in [-0.15, -0.1) is 0 Å². The summed E-state index contributed by atoms with van der Waals surface area (Å²) in [5.74, 6) is 5.96. The van der Waals surface area contributed by atoms with Crippen LogP contribution in [0.2, 0.25) is 0 Å². The summed E-state index contributed by atoms with van der Waals surface area (Å²) in [6, 6.07) is 0.858. The van der Waals surface area contributed by atoms with E-state index in [1.54, 1.807) is 45.9 Å². The zero-order valence-corrected chi connectivity index (χ0v) is 21.5. The van der Waals surface area contributed by atoms with E-state index < -0.39 is 12.1 Å². The van der Waals surface area contributed by atoms with Crippen LogP contribution in [0.3, 0.4) is 0 Å². The Bertz CT molecular complexity index is 1130. The monoisotopic (exact) mass is 499 g/mol. The molecule has 0 bridgehead atoms. The number of carbonyl (C=O) groups is 2. The minimum Gasteiger partial charge on any atom is -0.472 e. The number of rotatable bonds is 6. The van der Waals surface area contributed by atoms with Crippen molar-refractivity contribution in [2.75, 3.05) is 45.8 Å². The number of nitrogens with one attached hydrogen (secondary N) is 1. The number of aromatic nitrogens is 2. The first kappa shape index (κ1) is 27.0. The molecule has 0 aromatic carbocycles. The number of fused-ring (bicyclic) bond motifs is 1. The van der Waals surface area contributed by atoms with E-state index in [-0.39, 0.29) is 49.1 Å². The Hall–Kier alpha value is -3.62. The Morgan fingerprint density at radius 1 is 1.44 bits per heavy atom. The van der Waals surface area contributed by atoms with E-state index in [0.29, 0.717) is 29.2 Å². The molecule has 11 nitrogen and oxygen atoms in total. The lowest BCUT2D eigenvalue weighted by molar-refractivity contribution is 0.0356. The number of methoxy groups -OCH3 is 1. The second-order valence-corrected chi connectivity index (χ2v) is 8.94. The molecule has 0 aliphatic carbocycles. The molecule has 2 aromatic heterocycles. The lowest BCUT2D eigenvalue weighted by Gasteiger charge is -2.37. The van der Waals surface area contributed by atoms with Gasteiger partial charge in [0.15, 0.2) is 5.76 Å². The number of urea groups is 1. The highest BCUT2D eigenvalue weighted by molar-refractivity contribution is 5.97. The number of ether oxygens (including phenoxy) is 2. The Balaban J connectivity index is 1.88. The molecule has 0 saturated carbocycles. The second-order valence-electron chi connectivity index (χ2n) is 8.94. The Labute approximate surface area is 210 Å². The number of anilines is 1. The lowest BCUT2D eigenvalue weighted by Crippen LogP contribution is -2.50. The maximum Gasteiger partial charge on any atom is 0.321 e. The van der Waals surface area contributed by atoms with Gasteiger partial charge < -0.3 is 34.2 Å². The van der Waals surface area contributed by atoms with Gasteiger partial charge in [0.25, 0.3) is 5.91 Å². The van der Waals surface area contributed by atoms with Gasteiger partial charge >= 0.3 is 6.03 Å². The van der Waals surface area contributed by atoms with Gasteiger partial charge in [-0.25, -0.2) is 9.78 Å². The highest BCUT2D eigenvalue weighted by Gasteiger charge is 2.34. The van der Waals surface area contributed by atoms with Crippen molar-refractivity contribution >= 4 is 17.6 Å². The molecule has 0 fully saturated rings. The van der Waals surface area contributed by atoms with Gasteiger partial charge in [0.2, 0.25) is 5.88 Å². The maximum absolute atomic E-state index is 13.4. The summed E-state index contributed by atoms with van der Waals surface area (Å²) >= 11 is 0. The Morgan fingerprint density at radius 2 is 2.19 bits per heavy atom. The van der Waals surface area contributed by atoms with Crippen LogP contribution in [0.5, 0.6) is 5.88 Å². The van der Waals surface area contributed by atoms with E-state index in [4.69, 9.17) is 14.0 Å². The number of pyridine rings is 1. The standard InChI is InChI=1S/C25H33N5O6/c1-15-12-30(16(2)14-31)24(32)20-10-19(8-7-9-34-6)11-26-23(20)35-21(15)13-29(5)25(33)27-22-17(3)28-36-18(22)4/h10-11,15-16,21,31H,9,12-14H2,1-6H3,(H,27,33)/t15-,16-,21-/m0/s1. The molecule has 0 saturated heterocycles. The molecule has 2 aromatic rings. The van der Waals surface area contributed by atoms with Gasteiger partial charge in [0.05, 0.1) is 19.2 Å². The molecule has 0 unspecified atom stereocenters. The van der Waals surface area contributed by atoms with Crippen molar-refractivity contribution in [2.45, 2.75) is 39.8 Å². The highest BCUT2D eigenvalue weighted by Crippen LogP contribution is 2.27. The summed E-state index contributed by atoms with van der Waals surface area (Å²) in [4.78, 5) is 33.8. The molecular formula is C25H33N5O6. The van der Waals surface area contributed by atoms with Crippen LogP contribution in [0.4, 0.5) is 10.5 Å². The summed E-state index contributed by atoms with van der Waals surface area (Å²) in [5.41, 5.74) is 1.90. The SMILES string of the molecule is COCC#Cc1cnc2c(c1)C(=O)N([C@@H](C)CO)C[C@H](C)[C@H](CN(C)C(=O)Nc1c(C)noc1C)O2. The van der Waals surface area contributed by atoms with Crippen LogP contribution < -0.4 is 10.1 Å². The quantitative estimate of drug-likeness (QED) is 0.578. The van der Waals surface area contributed by atoms with Gasteiger partial charge in [-0.05, 0) is 26.8 Å². The zero-order valence-electron chi connectivity index (χ0n) is 21.5. The third-order valence-corrected chi connectivity index (χ3v) is 6.04. The molecule has 3 atom stereocenters. The predicted molar refractivity (Wildman–Crippen MR) is 132 cm³/mol. The van der Waals surface area contributed by atoms with Crippen molar-refractivity contribution in [1.82, 2.24) is 19.9 Å². The molecule has 36 heavy (non-hydrogen) atoms. The van der Waals surface area contributed by atoms with Crippen LogP contribution in [0.1, 0.15) is 41.2 Å². The molecular weight excluding hydrogens is 466 g/mol. The molecule has 0 spiro atoms. The first-order chi connectivity index (χ1) is 17.2. The van der Waals surface area contributed by atoms with Crippen LogP contribution in [-0.4, -0.2) is 89.6 Å². The van der Waals surface area contributed by atoms with Gasteiger partial charge in [-0.1, -0.05) is 23.9 Å². The molecule has 1 aliphatic rings. The minimum absolute atomic E-state index is 0.156. The fraction of sp³-hybridized carbons (Fsp3) is 0.520. The van der Waals surface area contributed by atoms with Crippen molar-refractivity contribution < 1.29 is 28.7 Å². The average molecular weight is 500 g/mol. The third-order valence-electron chi connectivity index (χ3n) is 6.04. The van der Waals surface area contributed by atoms with Crippen LogP contribution in [0, 0.1) is 31.6 Å². The molecule has 194 valence electrons. The molecule has 11 heteroatoms. The number of nitrogens with zero attached hydrogens (tertiary/aromatic N) is 4. The van der Waals surface area contributed by atoms with E-state index in [1.807, 2.05) is 6.92 Å². The van der Waals surface area contributed by atoms with Gasteiger partial charge in [-0.2, -0.15) is 0 Å². The summed E-state index contributed by atoms with van der Waals surface area (Å²) in [6.45, 7) is 7.78. The molecule has 3 amide bonds. The number of likely N-dealkylation sites (N-methyl/N-ethyl adjacent to an activating group) is 1. The smallest absolute Gasteiger partial charge is 0.321 e. The van der Waals surface area contributed by atoms with Crippen molar-refractivity contribution in [3.63, 3.8) is 0 Å². The minimum atomic E-state index is -0.483. The molecule has 1 aliphatic heterocycles. The van der Waals surface area contributed by atoms with Crippen LogP contribution in [-0.2, 0) is 4.74 Å². The lowest BCUT2D eigenvalue weighted by atomic mass is 10.00. The molecule has 0 radical (unpaired) electrons. The van der Waals surface area contributed by atoms with Crippen LogP contribution in [0.25, 0.3) is 0 Å². The fourth-order valence-electron chi connectivity index (χ4n) is 3.82. The van der Waals surface area contributed by atoms with E-state index in [1.165, 1.54) is 11.1 Å². The first-order valence-electron chi connectivity index (χ1n) is 11.7. The van der Waals surface area contributed by atoms with Gasteiger partial charge in [-0.3, -0.25) is 4.79 Å². The topological polar surface area (TPSA) is 130 Å². The Morgan fingerprint density at radius 3 is 2.83 bits per heavy atom. The van der Waals surface area contributed by atoms with E-state index in [0.717, 1.165) is 0 Å². The summed E-state index contributed by atoms with van der Waals surface area (Å²) < 4.78 is 16.3.